The van der Waals surface area contributed by atoms with Crippen molar-refractivity contribution in [2.24, 2.45) is 5.10 Å². The summed E-state index contributed by atoms with van der Waals surface area (Å²) in [5.41, 5.74) is 7.19. The van der Waals surface area contributed by atoms with Crippen LogP contribution in [0.4, 0.5) is 10.1 Å². The Balaban J connectivity index is 1.38. The summed E-state index contributed by atoms with van der Waals surface area (Å²) in [6.45, 7) is 3.96. The second-order valence-corrected chi connectivity index (χ2v) is 7.02. The van der Waals surface area contributed by atoms with Gasteiger partial charge < -0.3 is 9.64 Å². The lowest BCUT2D eigenvalue weighted by atomic mass is 10.1. The number of nitrogens with one attached hydrogen (secondary N) is 1. The number of hydrogen-bond acceptors (Lipinski definition) is 4. The van der Waals surface area contributed by atoms with Crippen molar-refractivity contribution in [3.8, 4) is 5.75 Å². The van der Waals surface area contributed by atoms with Crippen molar-refractivity contribution >= 4 is 17.8 Å². The van der Waals surface area contributed by atoms with Gasteiger partial charge in [0, 0.05) is 24.3 Å². The number of nitrogens with zero attached hydrogens (tertiary/aromatic N) is 2. The van der Waals surface area contributed by atoms with Gasteiger partial charge in [0.05, 0.1) is 12.8 Å². The number of anilines is 1. The minimum atomic E-state index is -0.264. The van der Waals surface area contributed by atoms with E-state index in [4.69, 9.17) is 4.74 Å². The second kappa shape index (κ2) is 8.78. The number of amides is 1. The molecule has 30 heavy (non-hydrogen) atoms. The highest BCUT2D eigenvalue weighted by atomic mass is 19.1. The number of hydrazone groups is 1. The number of fused-ring (bicyclic) bond motifs is 1. The number of carbonyl (C=O) groups is 1. The fourth-order valence-electron chi connectivity index (χ4n) is 3.42. The Morgan fingerprint density at radius 3 is 2.53 bits per heavy atom. The van der Waals surface area contributed by atoms with Gasteiger partial charge in [0.15, 0.2) is 0 Å². The maximum absolute atomic E-state index is 13.2. The molecule has 1 aliphatic heterocycles. The molecule has 3 aromatic rings. The molecule has 5 nitrogen and oxygen atoms in total. The van der Waals surface area contributed by atoms with Crippen LogP contribution in [0.5, 0.6) is 5.75 Å². The third kappa shape index (κ3) is 4.49. The molecule has 6 heteroatoms. The third-order valence-electron chi connectivity index (χ3n) is 4.95. The molecule has 0 atom stereocenters. The lowest BCUT2D eigenvalue weighted by Gasteiger charge is -2.17. The highest BCUT2D eigenvalue weighted by Gasteiger charge is 2.20. The van der Waals surface area contributed by atoms with E-state index < -0.39 is 0 Å². The third-order valence-corrected chi connectivity index (χ3v) is 4.95. The van der Waals surface area contributed by atoms with Crippen molar-refractivity contribution in [1.82, 2.24) is 5.43 Å². The summed E-state index contributed by atoms with van der Waals surface area (Å²) >= 11 is 0. The summed E-state index contributed by atoms with van der Waals surface area (Å²) < 4.78 is 18.6. The number of rotatable bonds is 6. The fraction of sp³-hybridized carbons (Fsp3) is 0.167. The van der Waals surface area contributed by atoms with E-state index in [0.717, 1.165) is 34.7 Å². The molecule has 1 amide bonds. The Hall–Kier alpha value is -3.67. The van der Waals surface area contributed by atoms with E-state index >= 15 is 0 Å². The van der Waals surface area contributed by atoms with Crippen LogP contribution in [-0.4, -0.2) is 18.7 Å². The molecule has 0 unspecified atom stereocenters. The quantitative estimate of drug-likeness (QED) is 0.487. The van der Waals surface area contributed by atoms with Crippen LogP contribution in [-0.2, 0) is 13.1 Å². The molecule has 0 bridgehead atoms. The zero-order valence-corrected chi connectivity index (χ0v) is 16.6. The molecule has 1 heterocycles. The zero-order chi connectivity index (χ0) is 20.9. The van der Waals surface area contributed by atoms with Gasteiger partial charge in [0.2, 0.25) is 0 Å². The normalized spacial score (nSPS) is 12.8. The maximum atomic E-state index is 13.2. The van der Waals surface area contributed by atoms with Crippen LogP contribution < -0.4 is 15.1 Å². The first-order chi connectivity index (χ1) is 14.6. The number of carbonyl (C=O) groups excluding carboxylic acids is 1. The summed E-state index contributed by atoms with van der Waals surface area (Å²) in [5, 5.41) is 4.05. The topological polar surface area (TPSA) is 53.9 Å². The Labute approximate surface area is 174 Å². The number of hydrogen-bond donors (Lipinski definition) is 1. The average molecular weight is 403 g/mol. The van der Waals surface area contributed by atoms with Crippen molar-refractivity contribution in [3.05, 3.63) is 94.8 Å². The Kier molecular flexibility index (Phi) is 5.75. The van der Waals surface area contributed by atoms with Crippen molar-refractivity contribution < 1.29 is 13.9 Å². The summed E-state index contributed by atoms with van der Waals surface area (Å²) in [5.74, 6) is 0.284. The number of halogens is 1. The molecule has 0 aliphatic carbocycles. The van der Waals surface area contributed by atoms with E-state index in [9.17, 15) is 9.18 Å². The van der Waals surface area contributed by atoms with Crippen molar-refractivity contribution in [2.75, 3.05) is 11.5 Å². The van der Waals surface area contributed by atoms with Gasteiger partial charge in [-0.05, 0) is 84.3 Å². The largest absolute Gasteiger partial charge is 0.494 e. The van der Waals surface area contributed by atoms with Crippen LogP contribution in [0.2, 0.25) is 0 Å². The Morgan fingerprint density at radius 2 is 1.80 bits per heavy atom. The minimum Gasteiger partial charge on any atom is -0.494 e. The molecule has 0 fully saturated rings. The van der Waals surface area contributed by atoms with Gasteiger partial charge >= 0.3 is 0 Å². The molecule has 0 aromatic heterocycles. The van der Waals surface area contributed by atoms with E-state index in [1.54, 1.807) is 24.4 Å². The maximum Gasteiger partial charge on any atom is 0.271 e. The van der Waals surface area contributed by atoms with Gasteiger partial charge in [-0.25, -0.2) is 9.82 Å². The summed E-state index contributed by atoms with van der Waals surface area (Å²) in [7, 11) is 0. The zero-order valence-electron chi connectivity index (χ0n) is 16.6. The highest BCUT2D eigenvalue weighted by molar-refractivity contribution is 5.95. The van der Waals surface area contributed by atoms with Gasteiger partial charge in [-0.2, -0.15) is 5.10 Å². The summed E-state index contributed by atoms with van der Waals surface area (Å²) in [6, 6.07) is 19.6. The van der Waals surface area contributed by atoms with E-state index in [-0.39, 0.29) is 11.7 Å². The van der Waals surface area contributed by atoms with Crippen molar-refractivity contribution in [1.29, 1.82) is 0 Å². The minimum absolute atomic E-state index is 0.250. The molecule has 0 radical (unpaired) electrons. The van der Waals surface area contributed by atoms with Gasteiger partial charge in [-0.3, -0.25) is 4.79 Å². The van der Waals surface area contributed by atoms with Crippen LogP contribution in [0.3, 0.4) is 0 Å². The average Bonchev–Trinajstić information content (AvgIpc) is 3.19. The molecule has 3 aromatic carbocycles. The SMILES string of the molecule is CCOc1ccc(/C=N/NC(=O)c2ccc3c(c2)CN(c2ccc(F)cc2)C3)cc1. The monoisotopic (exact) mass is 403 g/mol. The summed E-state index contributed by atoms with van der Waals surface area (Å²) in [4.78, 5) is 14.6. The molecule has 0 saturated heterocycles. The van der Waals surface area contributed by atoms with Gasteiger partial charge in [-0.15, -0.1) is 0 Å². The second-order valence-electron chi connectivity index (χ2n) is 7.02. The van der Waals surface area contributed by atoms with Crippen LogP contribution in [0.15, 0.2) is 71.8 Å². The predicted octanol–water partition coefficient (Wildman–Crippen LogP) is 4.51. The first kappa shape index (κ1) is 19.6. The smallest absolute Gasteiger partial charge is 0.271 e. The standard InChI is InChI=1S/C24H22FN3O2/c1-2-30-23-11-3-17(4-12-23)14-26-27-24(29)18-5-6-19-15-28(16-20(19)13-18)22-9-7-21(25)8-10-22/h3-14H,2,15-16H2,1H3,(H,27,29)/b26-14+. The number of benzene rings is 3. The summed E-state index contributed by atoms with van der Waals surface area (Å²) in [6.07, 6.45) is 1.59. The lowest BCUT2D eigenvalue weighted by molar-refractivity contribution is 0.0955. The first-order valence-corrected chi connectivity index (χ1v) is 9.81. The van der Waals surface area contributed by atoms with E-state index in [1.807, 2.05) is 43.3 Å². The Morgan fingerprint density at radius 1 is 1.07 bits per heavy atom. The van der Waals surface area contributed by atoms with Crippen LogP contribution in [0, 0.1) is 5.82 Å². The van der Waals surface area contributed by atoms with Crippen molar-refractivity contribution in [2.45, 2.75) is 20.0 Å². The molecule has 0 spiro atoms. The van der Waals surface area contributed by atoms with E-state index in [2.05, 4.69) is 15.4 Å². The molecule has 152 valence electrons. The molecule has 1 N–H and O–H groups in total. The molecule has 0 saturated carbocycles. The predicted molar refractivity (Wildman–Crippen MR) is 115 cm³/mol. The fourth-order valence-corrected chi connectivity index (χ4v) is 3.42. The molecular weight excluding hydrogens is 381 g/mol. The van der Waals surface area contributed by atoms with E-state index in [0.29, 0.717) is 18.7 Å². The molecular formula is C24H22FN3O2. The van der Waals surface area contributed by atoms with Gasteiger partial charge in [0.25, 0.3) is 5.91 Å². The van der Waals surface area contributed by atoms with Crippen LogP contribution in [0.1, 0.15) is 34.0 Å². The van der Waals surface area contributed by atoms with Gasteiger partial charge in [-0.1, -0.05) is 6.07 Å². The molecule has 4 rings (SSSR count). The van der Waals surface area contributed by atoms with Crippen LogP contribution in [0.25, 0.3) is 0 Å². The Bertz CT molecular complexity index is 1060. The first-order valence-electron chi connectivity index (χ1n) is 9.81. The van der Waals surface area contributed by atoms with E-state index in [1.165, 1.54) is 12.1 Å². The van der Waals surface area contributed by atoms with Crippen LogP contribution >= 0.6 is 0 Å². The molecule has 1 aliphatic rings. The van der Waals surface area contributed by atoms with Crippen molar-refractivity contribution in [3.63, 3.8) is 0 Å². The highest BCUT2D eigenvalue weighted by Crippen LogP contribution is 2.29. The number of ether oxygens (including phenoxy) is 1. The van der Waals surface area contributed by atoms with Gasteiger partial charge in [0.1, 0.15) is 11.6 Å². The lowest BCUT2D eigenvalue weighted by Crippen LogP contribution is -2.17.